The first-order valence-corrected chi connectivity index (χ1v) is 4.64. The quantitative estimate of drug-likeness (QED) is 0.746. The molecule has 5 nitrogen and oxygen atoms in total. The molecule has 14 heavy (non-hydrogen) atoms. The molecule has 0 saturated heterocycles. The monoisotopic (exact) mass is 199 g/mol. The molecule has 0 aliphatic heterocycles. The highest BCUT2D eigenvalue weighted by Crippen LogP contribution is 2.29. The molecular formula is C9H17N3O2. The molecule has 1 aromatic heterocycles. The topological polar surface area (TPSA) is 85.2 Å². The fourth-order valence-electron chi connectivity index (χ4n) is 0.966. The summed E-state index contributed by atoms with van der Waals surface area (Å²) < 4.78 is 5.01. The van der Waals surface area contributed by atoms with Crippen molar-refractivity contribution in [2.45, 2.75) is 33.2 Å². The predicted octanol–water partition coefficient (Wildman–Crippen LogP) is 0.650. The Hall–Kier alpha value is -0.940. The van der Waals surface area contributed by atoms with Crippen LogP contribution in [0.3, 0.4) is 0 Å². The van der Waals surface area contributed by atoms with Gasteiger partial charge in [-0.05, 0) is 5.41 Å². The van der Waals surface area contributed by atoms with E-state index in [9.17, 15) is 0 Å². The van der Waals surface area contributed by atoms with Gasteiger partial charge in [0.1, 0.15) is 0 Å². The minimum Gasteiger partial charge on any atom is -0.396 e. The van der Waals surface area contributed by atoms with Crippen molar-refractivity contribution in [3.05, 3.63) is 11.7 Å². The molecule has 1 atom stereocenters. The van der Waals surface area contributed by atoms with E-state index in [1.165, 1.54) is 0 Å². The zero-order valence-corrected chi connectivity index (χ0v) is 8.82. The average Bonchev–Trinajstić information content (AvgIpc) is 2.50. The maximum atomic E-state index is 8.67. The molecule has 1 aromatic rings. The third kappa shape index (κ3) is 2.52. The number of aromatic nitrogens is 2. The fraction of sp³-hybridized carbons (Fsp3) is 0.778. The van der Waals surface area contributed by atoms with Crippen molar-refractivity contribution >= 4 is 0 Å². The van der Waals surface area contributed by atoms with Gasteiger partial charge in [-0.15, -0.1) is 0 Å². The van der Waals surface area contributed by atoms with E-state index in [1.807, 2.05) is 20.8 Å². The van der Waals surface area contributed by atoms with Gasteiger partial charge >= 0.3 is 0 Å². The third-order valence-corrected chi connectivity index (χ3v) is 2.02. The average molecular weight is 199 g/mol. The number of aliphatic hydroxyl groups is 1. The molecule has 0 unspecified atom stereocenters. The maximum absolute atomic E-state index is 8.67. The number of rotatable bonds is 3. The first-order valence-electron chi connectivity index (χ1n) is 4.64. The Morgan fingerprint density at radius 2 is 2.14 bits per heavy atom. The van der Waals surface area contributed by atoms with E-state index in [0.717, 1.165) is 0 Å². The zero-order chi connectivity index (χ0) is 10.8. The van der Waals surface area contributed by atoms with Gasteiger partial charge in [0.05, 0.1) is 12.6 Å². The Balaban J connectivity index is 2.76. The first kappa shape index (κ1) is 11.1. The van der Waals surface area contributed by atoms with Crippen molar-refractivity contribution in [1.82, 2.24) is 10.1 Å². The van der Waals surface area contributed by atoms with Crippen LogP contribution in [0.1, 0.15) is 38.5 Å². The van der Waals surface area contributed by atoms with Crippen LogP contribution in [0, 0.1) is 5.41 Å². The van der Waals surface area contributed by atoms with Gasteiger partial charge in [-0.3, -0.25) is 0 Å². The molecule has 0 spiro atoms. The lowest BCUT2D eigenvalue weighted by molar-refractivity contribution is 0.251. The van der Waals surface area contributed by atoms with E-state index in [-0.39, 0.29) is 18.1 Å². The van der Waals surface area contributed by atoms with Crippen LogP contribution in [-0.4, -0.2) is 21.9 Å². The fourth-order valence-corrected chi connectivity index (χ4v) is 0.966. The normalized spacial score (nSPS) is 14.4. The van der Waals surface area contributed by atoms with Crippen LogP contribution in [-0.2, 0) is 6.42 Å². The summed E-state index contributed by atoms with van der Waals surface area (Å²) in [6, 6.07) is -0.276. The number of nitrogens with two attached hydrogens (primary N) is 1. The summed E-state index contributed by atoms with van der Waals surface area (Å²) in [7, 11) is 0. The van der Waals surface area contributed by atoms with Gasteiger partial charge in [-0.1, -0.05) is 25.9 Å². The van der Waals surface area contributed by atoms with Gasteiger partial charge in [-0.2, -0.15) is 4.98 Å². The van der Waals surface area contributed by atoms with E-state index >= 15 is 0 Å². The van der Waals surface area contributed by atoms with Crippen LogP contribution < -0.4 is 5.73 Å². The number of aliphatic hydroxyl groups excluding tert-OH is 1. The molecule has 0 bridgehead atoms. The lowest BCUT2D eigenvalue weighted by Crippen LogP contribution is -2.26. The highest BCUT2D eigenvalue weighted by molar-refractivity contribution is 4.96. The highest BCUT2D eigenvalue weighted by Gasteiger charge is 2.27. The third-order valence-electron chi connectivity index (χ3n) is 2.02. The molecule has 80 valence electrons. The van der Waals surface area contributed by atoms with Gasteiger partial charge < -0.3 is 15.4 Å². The molecule has 3 N–H and O–H groups in total. The van der Waals surface area contributed by atoms with Gasteiger partial charge in [0.25, 0.3) is 0 Å². The van der Waals surface area contributed by atoms with E-state index in [1.54, 1.807) is 0 Å². The van der Waals surface area contributed by atoms with E-state index < -0.39 is 0 Å². The Morgan fingerprint density at radius 1 is 1.50 bits per heavy atom. The zero-order valence-electron chi connectivity index (χ0n) is 8.82. The Kier molecular flexibility index (Phi) is 3.23. The summed E-state index contributed by atoms with van der Waals surface area (Å²) >= 11 is 0. The molecule has 0 aliphatic carbocycles. The molecular weight excluding hydrogens is 182 g/mol. The van der Waals surface area contributed by atoms with E-state index in [0.29, 0.717) is 18.1 Å². The smallest absolute Gasteiger partial charge is 0.244 e. The minimum absolute atomic E-state index is 0.0176. The van der Waals surface area contributed by atoms with Crippen LogP contribution in [0.4, 0.5) is 0 Å². The first-order chi connectivity index (χ1) is 6.45. The Bertz CT molecular complexity index is 290. The Morgan fingerprint density at radius 3 is 2.64 bits per heavy atom. The van der Waals surface area contributed by atoms with Gasteiger partial charge in [-0.25, -0.2) is 0 Å². The summed E-state index contributed by atoms with van der Waals surface area (Å²) in [4.78, 5) is 4.10. The highest BCUT2D eigenvalue weighted by atomic mass is 16.5. The summed E-state index contributed by atoms with van der Waals surface area (Å²) in [5.41, 5.74) is 5.81. The van der Waals surface area contributed by atoms with E-state index in [2.05, 4.69) is 10.1 Å². The second-order valence-corrected chi connectivity index (χ2v) is 4.37. The second kappa shape index (κ2) is 4.06. The van der Waals surface area contributed by atoms with Crippen molar-refractivity contribution in [2.24, 2.45) is 11.1 Å². The number of hydrogen-bond acceptors (Lipinski definition) is 5. The summed E-state index contributed by atoms with van der Waals surface area (Å²) in [6.07, 6.45) is 0.403. The standard InChI is InChI=1S/C9H17N3O2/c1-9(2,3)7(10)8-11-6(4-5-13)12-14-8/h7,13H,4-5,10H2,1-3H3/t7-/m1/s1. The lowest BCUT2D eigenvalue weighted by atomic mass is 9.87. The van der Waals surface area contributed by atoms with Crippen molar-refractivity contribution in [1.29, 1.82) is 0 Å². The van der Waals surface area contributed by atoms with Crippen molar-refractivity contribution in [3.8, 4) is 0 Å². The van der Waals surface area contributed by atoms with Crippen LogP contribution >= 0.6 is 0 Å². The molecule has 0 radical (unpaired) electrons. The number of nitrogens with zero attached hydrogens (tertiary/aromatic N) is 2. The molecule has 0 saturated carbocycles. The van der Waals surface area contributed by atoms with Crippen LogP contribution in [0.15, 0.2) is 4.52 Å². The Labute approximate surface area is 83.3 Å². The SMILES string of the molecule is CC(C)(C)[C@H](N)c1nc(CCO)no1. The summed E-state index contributed by atoms with van der Waals surface area (Å²) in [5, 5.41) is 12.4. The number of hydrogen-bond donors (Lipinski definition) is 2. The second-order valence-electron chi connectivity index (χ2n) is 4.37. The van der Waals surface area contributed by atoms with Gasteiger partial charge in [0, 0.05) is 6.42 Å². The summed E-state index contributed by atoms with van der Waals surface area (Å²) in [5.74, 6) is 0.933. The molecule has 0 aromatic carbocycles. The van der Waals surface area contributed by atoms with Gasteiger partial charge in [0.15, 0.2) is 5.82 Å². The van der Waals surface area contributed by atoms with Gasteiger partial charge in [0.2, 0.25) is 5.89 Å². The minimum atomic E-state index is -0.276. The molecule has 0 aliphatic rings. The lowest BCUT2D eigenvalue weighted by Gasteiger charge is -2.23. The molecule has 0 amide bonds. The maximum Gasteiger partial charge on any atom is 0.244 e. The molecule has 1 heterocycles. The molecule has 5 heteroatoms. The van der Waals surface area contributed by atoms with Crippen molar-refractivity contribution < 1.29 is 9.63 Å². The van der Waals surface area contributed by atoms with Crippen molar-refractivity contribution in [2.75, 3.05) is 6.61 Å². The molecule has 0 fully saturated rings. The van der Waals surface area contributed by atoms with Crippen LogP contribution in [0.2, 0.25) is 0 Å². The van der Waals surface area contributed by atoms with Crippen LogP contribution in [0.25, 0.3) is 0 Å². The summed E-state index contributed by atoms with van der Waals surface area (Å²) in [6.45, 7) is 6.04. The van der Waals surface area contributed by atoms with Crippen molar-refractivity contribution in [3.63, 3.8) is 0 Å². The largest absolute Gasteiger partial charge is 0.396 e. The molecule has 1 rings (SSSR count). The predicted molar refractivity (Wildman–Crippen MR) is 51.5 cm³/mol. The van der Waals surface area contributed by atoms with Crippen LogP contribution in [0.5, 0.6) is 0 Å². The van der Waals surface area contributed by atoms with E-state index in [4.69, 9.17) is 15.4 Å².